The van der Waals surface area contributed by atoms with Crippen molar-refractivity contribution in [3.8, 4) is 10.4 Å². The van der Waals surface area contributed by atoms with Gasteiger partial charge in [-0.25, -0.2) is 4.98 Å². The Morgan fingerprint density at radius 2 is 2.00 bits per heavy atom. The van der Waals surface area contributed by atoms with Gasteiger partial charge in [0.25, 0.3) is 5.56 Å². The molecule has 0 aliphatic rings. The van der Waals surface area contributed by atoms with Crippen molar-refractivity contribution in [3.05, 3.63) is 61.5 Å². The van der Waals surface area contributed by atoms with Gasteiger partial charge in [0.15, 0.2) is 5.82 Å². The molecular formula is C16H9ClN2OS3. The largest absolute Gasteiger partial charge is 0.305 e. The highest BCUT2D eigenvalue weighted by Crippen LogP contribution is 2.34. The quantitative estimate of drug-likeness (QED) is 0.512. The summed E-state index contributed by atoms with van der Waals surface area (Å²) < 4.78 is 0. The molecule has 4 heterocycles. The first-order valence-corrected chi connectivity index (χ1v) is 9.70. The van der Waals surface area contributed by atoms with Crippen LogP contribution in [-0.4, -0.2) is 9.97 Å². The lowest BCUT2D eigenvalue weighted by Gasteiger charge is -2.00. The minimum Gasteiger partial charge on any atom is -0.305 e. The van der Waals surface area contributed by atoms with Gasteiger partial charge < -0.3 is 4.98 Å². The lowest BCUT2D eigenvalue weighted by molar-refractivity contribution is 1.14. The van der Waals surface area contributed by atoms with Crippen molar-refractivity contribution in [1.29, 1.82) is 0 Å². The van der Waals surface area contributed by atoms with Gasteiger partial charge in [-0.1, -0.05) is 23.7 Å². The zero-order chi connectivity index (χ0) is 15.8. The third-order valence-corrected chi connectivity index (χ3v) is 6.15. The number of H-pyrrole nitrogens is 1. The molecule has 4 aromatic heterocycles. The van der Waals surface area contributed by atoms with E-state index in [2.05, 4.69) is 9.97 Å². The summed E-state index contributed by atoms with van der Waals surface area (Å²) in [6.07, 6.45) is 1.81. The molecule has 0 saturated heterocycles. The predicted molar refractivity (Wildman–Crippen MR) is 102 cm³/mol. The minimum atomic E-state index is -0.160. The molecule has 4 rings (SSSR count). The molecule has 0 amide bonds. The number of thiophene rings is 3. The van der Waals surface area contributed by atoms with E-state index in [9.17, 15) is 4.79 Å². The Balaban J connectivity index is 1.85. The van der Waals surface area contributed by atoms with Crippen LogP contribution in [0.5, 0.6) is 0 Å². The lowest BCUT2D eigenvalue weighted by Crippen LogP contribution is -2.09. The molecule has 4 aromatic rings. The zero-order valence-electron chi connectivity index (χ0n) is 11.6. The fourth-order valence-corrected chi connectivity index (χ4v) is 4.93. The van der Waals surface area contributed by atoms with Gasteiger partial charge in [-0.15, -0.1) is 34.0 Å². The Morgan fingerprint density at radius 3 is 2.74 bits per heavy atom. The lowest BCUT2D eigenvalue weighted by atomic mass is 10.2. The second-order valence-corrected chi connectivity index (χ2v) is 7.92. The van der Waals surface area contributed by atoms with Crippen molar-refractivity contribution >= 4 is 66.9 Å². The van der Waals surface area contributed by atoms with E-state index in [1.807, 2.05) is 46.5 Å². The van der Waals surface area contributed by atoms with E-state index < -0.39 is 0 Å². The van der Waals surface area contributed by atoms with E-state index in [1.54, 1.807) is 22.7 Å². The average Bonchev–Trinajstić information content (AvgIpc) is 3.27. The highest BCUT2D eigenvalue weighted by Gasteiger charge is 2.14. The van der Waals surface area contributed by atoms with E-state index in [0.717, 1.165) is 15.3 Å². The Morgan fingerprint density at radius 1 is 1.17 bits per heavy atom. The Kier molecular flexibility index (Phi) is 3.90. The van der Waals surface area contributed by atoms with Crippen LogP contribution in [0.4, 0.5) is 0 Å². The molecule has 0 aliphatic heterocycles. The molecule has 0 bridgehead atoms. The van der Waals surface area contributed by atoms with Crippen LogP contribution in [0.25, 0.3) is 31.8 Å². The van der Waals surface area contributed by atoms with Gasteiger partial charge in [-0.05, 0) is 29.0 Å². The molecule has 0 aromatic carbocycles. The predicted octanol–water partition coefficient (Wildman–Crippen LogP) is 5.51. The van der Waals surface area contributed by atoms with Crippen LogP contribution in [0.3, 0.4) is 0 Å². The first-order valence-electron chi connectivity index (χ1n) is 6.69. The second-order valence-electron chi connectivity index (χ2n) is 4.73. The number of halogens is 1. The fourth-order valence-electron chi connectivity index (χ4n) is 2.24. The molecule has 0 unspecified atom stereocenters. The standard InChI is InChI=1S/C16H9ClN2OS3/c17-11(7-9-3-1-5-21-9)14-18-15(20)13-10(8-23-16(13)19-14)12-4-2-6-22-12/h1-8H,(H,18,19,20)/b11-7-. The summed E-state index contributed by atoms with van der Waals surface area (Å²) in [6, 6.07) is 7.89. The molecule has 1 N–H and O–H groups in total. The molecule has 0 spiro atoms. The number of aromatic amines is 1. The number of rotatable bonds is 3. The highest BCUT2D eigenvalue weighted by molar-refractivity contribution is 7.18. The number of fused-ring (bicyclic) bond motifs is 1. The topological polar surface area (TPSA) is 45.8 Å². The van der Waals surface area contributed by atoms with Crippen LogP contribution in [0, 0.1) is 0 Å². The molecule has 114 valence electrons. The normalized spacial score (nSPS) is 12.1. The SMILES string of the molecule is O=c1[nH]c(/C(Cl)=C/c2cccs2)nc2scc(-c3cccs3)c12. The summed E-state index contributed by atoms with van der Waals surface area (Å²) in [4.78, 5) is 22.6. The molecule has 0 saturated carbocycles. The molecule has 0 aliphatic carbocycles. The number of nitrogens with zero attached hydrogens (tertiary/aromatic N) is 1. The molecule has 3 nitrogen and oxygen atoms in total. The number of aromatic nitrogens is 2. The minimum absolute atomic E-state index is 0.160. The third kappa shape index (κ3) is 2.79. The van der Waals surface area contributed by atoms with Crippen LogP contribution in [0.1, 0.15) is 10.7 Å². The molecule has 23 heavy (non-hydrogen) atoms. The third-order valence-electron chi connectivity index (χ3n) is 3.27. The summed E-state index contributed by atoms with van der Waals surface area (Å²) >= 11 is 11.0. The number of hydrogen-bond acceptors (Lipinski definition) is 5. The van der Waals surface area contributed by atoms with E-state index in [1.165, 1.54) is 11.3 Å². The first-order chi connectivity index (χ1) is 11.2. The van der Waals surface area contributed by atoms with E-state index >= 15 is 0 Å². The number of hydrogen-bond donors (Lipinski definition) is 1. The average molecular weight is 377 g/mol. The number of nitrogens with one attached hydrogen (secondary N) is 1. The summed E-state index contributed by atoms with van der Waals surface area (Å²) in [5, 5.41) is 7.00. The van der Waals surface area contributed by atoms with Crippen LogP contribution < -0.4 is 5.56 Å². The highest BCUT2D eigenvalue weighted by atomic mass is 35.5. The van der Waals surface area contributed by atoms with Crippen molar-refractivity contribution in [2.24, 2.45) is 0 Å². The summed E-state index contributed by atoms with van der Waals surface area (Å²) in [7, 11) is 0. The van der Waals surface area contributed by atoms with E-state index in [0.29, 0.717) is 21.1 Å². The molecule has 0 atom stereocenters. The van der Waals surface area contributed by atoms with E-state index in [4.69, 9.17) is 11.6 Å². The van der Waals surface area contributed by atoms with Crippen LogP contribution >= 0.6 is 45.6 Å². The maximum Gasteiger partial charge on any atom is 0.260 e. The van der Waals surface area contributed by atoms with Crippen LogP contribution in [0.15, 0.2) is 45.2 Å². The monoisotopic (exact) mass is 376 g/mol. The van der Waals surface area contributed by atoms with Crippen molar-refractivity contribution in [2.75, 3.05) is 0 Å². The molecule has 0 radical (unpaired) electrons. The fraction of sp³-hybridized carbons (Fsp3) is 0. The summed E-state index contributed by atoms with van der Waals surface area (Å²) in [6.45, 7) is 0. The van der Waals surface area contributed by atoms with Gasteiger partial charge in [0.05, 0.1) is 10.4 Å². The van der Waals surface area contributed by atoms with Gasteiger partial charge in [0.2, 0.25) is 0 Å². The van der Waals surface area contributed by atoms with Crippen molar-refractivity contribution in [3.63, 3.8) is 0 Å². The van der Waals surface area contributed by atoms with Gasteiger partial charge in [0.1, 0.15) is 4.83 Å². The maximum absolute atomic E-state index is 12.5. The van der Waals surface area contributed by atoms with Crippen LogP contribution in [-0.2, 0) is 0 Å². The van der Waals surface area contributed by atoms with Crippen LogP contribution in [0.2, 0.25) is 0 Å². The molecular weight excluding hydrogens is 368 g/mol. The molecule has 7 heteroatoms. The van der Waals surface area contributed by atoms with Gasteiger partial charge in [-0.3, -0.25) is 4.79 Å². The summed E-state index contributed by atoms with van der Waals surface area (Å²) in [5.41, 5.74) is 0.769. The van der Waals surface area contributed by atoms with Gasteiger partial charge >= 0.3 is 0 Å². The summed E-state index contributed by atoms with van der Waals surface area (Å²) in [5.74, 6) is 0.400. The van der Waals surface area contributed by atoms with E-state index in [-0.39, 0.29) is 5.56 Å². The van der Waals surface area contributed by atoms with Crippen molar-refractivity contribution in [2.45, 2.75) is 0 Å². The van der Waals surface area contributed by atoms with Gasteiger partial charge in [-0.2, -0.15) is 0 Å². The smallest absolute Gasteiger partial charge is 0.260 e. The maximum atomic E-state index is 12.5. The second kappa shape index (κ2) is 6.05. The van der Waals surface area contributed by atoms with Crippen molar-refractivity contribution < 1.29 is 0 Å². The van der Waals surface area contributed by atoms with Crippen molar-refractivity contribution in [1.82, 2.24) is 9.97 Å². The van der Waals surface area contributed by atoms with Gasteiger partial charge in [0, 0.05) is 20.7 Å². The molecule has 0 fully saturated rings. The first kappa shape index (κ1) is 14.8. The Labute approximate surface area is 148 Å². The zero-order valence-corrected chi connectivity index (χ0v) is 14.8. The Hall–Kier alpha value is -1.73. The Bertz CT molecular complexity index is 1040.